The Balaban J connectivity index is 1.45. The molecule has 4 rings (SSSR count). The zero-order valence-corrected chi connectivity index (χ0v) is 16.5. The molecule has 0 radical (unpaired) electrons. The Bertz CT molecular complexity index is 743. The summed E-state index contributed by atoms with van der Waals surface area (Å²) >= 11 is 0. The number of carboxylic acids is 1. The van der Waals surface area contributed by atoms with Gasteiger partial charge in [-0.2, -0.15) is 0 Å². The lowest BCUT2D eigenvalue weighted by atomic mass is 9.81. The molecule has 0 spiro atoms. The molecule has 0 bridgehead atoms. The number of carbonyl (C=O) groups is 2. The van der Waals surface area contributed by atoms with E-state index in [1.165, 1.54) is 10.5 Å². The van der Waals surface area contributed by atoms with E-state index in [2.05, 4.69) is 27.9 Å². The number of aliphatic carboxylic acids is 1. The van der Waals surface area contributed by atoms with Crippen molar-refractivity contribution in [3.05, 3.63) is 35.9 Å². The maximum atomic E-state index is 12.3. The number of hydrogen-bond acceptors (Lipinski definition) is 5. The molecule has 3 saturated heterocycles. The first-order chi connectivity index (χ1) is 13.4. The van der Waals surface area contributed by atoms with E-state index >= 15 is 0 Å². The number of likely N-dealkylation sites (tertiary alicyclic amines) is 2. The Hall–Kier alpha value is -2.16. The van der Waals surface area contributed by atoms with E-state index in [1.54, 1.807) is 19.0 Å². The molecular weight excluding hydrogens is 358 g/mol. The fraction of sp³-hybridized carbons (Fsp3) is 0.600. The second-order valence-electron chi connectivity index (χ2n) is 8.58. The average Bonchev–Trinajstić information content (AvgIpc) is 3.35. The van der Waals surface area contributed by atoms with Crippen LogP contribution in [0, 0.1) is 17.3 Å². The van der Waals surface area contributed by atoms with Crippen LogP contribution < -0.4 is 10.9 Å². The number of hydrogen-bond donors (Lipinski definition) is 3. The van der Waals surface area contributed by atoms with E-state index in [-0.39, 0.29) is 18.0 Å². The molecule has 1 aromatic rings. The monoisotopic (exact) mass is 387 g/mol. The van der Waals surface area contributed by atoms with Crippen LogP contribution >= 0.6 is 0 Å². The second-order valence-corrected chi connectivity index (χ2v) is 8.58. The first-order valence-electron chi connectivity index (χ1n) is 9.86. The molecule has 0 aliphatic carbocycles. The van der Waals surface area contributed by atoms with Gasteiger partial charge in [-0.15, -0.1) is 0 Å². The van der Waals surface area contributed by atoms with E-state index < -0.39 is 11.4 Å². The lowest BCUT2D eigenvalue weighted by Crippen LogP contribution is -2.45. The molecule has 8 nitrogen and oxygen atoms in total. The highest BCUT2D eigenvalue weighted by Crippen LogP contribution is 2.43. The molecule has 2 unspecified atom stereocenters. The quantitative estimate of drug-likeness (QED) is 0.695. The van der Waals surface area contributed by atoms with Crippen molar-refractivity contribution in [2.45, 2.75) is 6.04 Å². The predicted octanol–water partition coefficient (Wildman–Crippen LogP) is 0.452. The van der Waals surface area contributed by atoms with Crippen LogP contribution in [-0.2, 0) is 4.79 Å². The van der Waals surface area contributed by atoms with Gasteiger partial charge in [0.2, 0.25) is 0 Å². The number of carboxylic acid groups (broad SMARTS) is 1. The first-order valence-corrected chi connectivity index (χ1v) is 9.86. The number of nitrogens with zero attached hydrogens (tertiary/aromatic N) is 3. The zero-order valence-electron chi connectivity index (χ0n) is 16.5. The summed E-state index contributed by atoms with van der Waals surface area (Å²) in [5, 5.41) is 10.0. The van der Waals surface area contributed by atoms with Gasteiger partial charge < -0.3 is 19.8 Å². The van der Waals surface area contributed by atoms with Crippen LogP contribution in [0.5, 0.6) is 0 Å². The second kappa shape index (κ2) is 7.35. The predicted molar refractivity (Wildman–Crippen MR) is 104 cm³/mol. The first kappa shape index (κ1) is 19.2. The third kappa shape index (κ3) is 3.25. The molecule has 3 aliphatic rings. The van der Waals surface area contributed by atoms with Crippen molar-refractivity contribution in [1.29, 1.82) is 0 Å². The van der Waals surface area contributed by atoms with Crippen molar-refractivity contribution in [2.24, 2.45) is 17.3 Å². The molecular formula is C20H29N5O3. The van der Waals surface area contributed by atoms with Gasteiger partial charge in [-0.3, -0.25) is 10.2 Å². The summed E-state index contributed by atoms with van der Waals surface area (Å²) in [5.74, 6) is -0.436. The van der Waals surface area contributed by atoms with Gasteiger partial charge in [0.25, 0.3) is 0 Å². The Morgan fingerprint density at radius 3 is 2.61 bits per heavy atom. The van der Waals surface area contributed by atoms with Crippen molar-refractivity contribution < 1.29 is 14.7 Å². The van der Waals surface area contributed by atoms with Gasteiger partial charge in [-0.25, -0.2) is 10.2 Å². The van der Waals surface area contributed by atoms with Crippen LogP contribution in [0.15, 0.2) is 30.3 Å². The summed E-state index contributed by atoms with van der Waals surface area (Å²) in [6.07, 6.45) is 0. The molecule has 0 aromatic heterocycles. The number of carbonyl (C=O) groups excluding carboxylic acids is 1. The lowest BCUT2D eigenvalue weighted by molar-refractivity contribution is -0.148. The highest BCUT2D eigenvalue weighted by molar-refractivity contribution is 5.80. The number of nitrogens with one attached hydrogen (secondary N) is 2. The van der Waals surface area contributed by atoms with Gasteiger partial charge in [-0.1, -0.05) is 30.3 Å². The summed E-state index contributed by atoms with van der Waals surface area (Å²) in [7, 11) is 3.42. The summed E-state index contributed by atoms with van der Waals surface area (Å²) in [6.45, 7) is 3.73. The molecule has 3 aliphatic heterocycles. The largest absolute Gasteiger partial charge is 0.481 e. The van der Waals surface area contributed by atoms with E-state index in [4.69, 9.17) is 0 Å². The Morgan fingerprint density at radius 2 is 1.96 bits per heavy atom. The van der Waals surface area contributed by atoms with Gasteiger partial charge in [0.15, 0.2) is 0 Å². The Kier molecular flexibility index (Phi) is 5.03. The number of rotatable bonds is 4. The smallest absolute Gasteiger partial charge is 0.319 e. The van der Waals surface area contributed by atoms with Crippen LogP contribution in [0.1, 0.15) is 11.6 Å². The number of benzene rings is 1. The third-order valence-corrected chi connectivity index (χ3v) is 6.50. The summed E-state index contributed by atoms with van der Waals surface area (Å²) in [5.41, 5.74) is 7.01. The maximum absolute atomic E-state index is 12.3. The van der Waals surface area contributed by atoms with E-state index in [0.717, 1.165) is 19.6 Å². The van der Waals surface area contributed by atoms with Crippen LogP contribution in [0.2, 0.25) is 0 Å². The van der Waals surface area contributed by atoms with E-state index in [1.807, 2.05) is 18.2 Å². The maximum Gasteiger partial charge on any atom is 0.319 e. The number of fused-ring (bicyclic) bond motifs is 1. The number of urea groups is 1. The van der Waals surface area contributed by atoms with E-state index in [9.17, 15) is 14.7 Å². The highest BCUT2D eigenvalue weighted by Gasteiger charge is 2.58. The molecule has 3 fully saturated rings. The molecule has 2 amide bonds. The molecule has 8 heteroatoms. The van der Waals surface area contributed by atoms with Crippen LogP contribution in [-0.4, -0.2) is 85.2 Å². The number of hydrazine groups is 1. The van der Waals surface area contributed by atoms with Gasteiger partial charge in [0.05, 0.1) is 6.04 Å². The molecule has 28 heavy (non-hydrogen) atoms. The number of amides is 2. The third-order valence-electron chi connectivity index (χ3n) is 6.50. The standard InChI is InChI=1S/C20H29N5O3/c1-23(2)19(28)25-11-16-10-24(12-20(16,13-25)18(26)27)9-15-8-21-22-17(15)14-6-4-3-5-7-14/h3-7,15-17,21-22H,8-13H2,1-2H3,(H,26,27)/t15?,16-,17?,20-/m1/s1. The molecule has 152 valence electrons. The minimum absolute atomic E-state index is 0.0219. The molecule has 0 saturated carbocycles. The molecule has 4 atom stereocenters. The minimum atomic E-state index is -0.854. The summed E-state index contributed by atoms with van der Waals surface area (Å²) in [6, 6.07) is 10.5. The van der Waals surface area contributed by atoms with Crippen molar-refractivity contribution >= 4 is 12.0 Å². The fourth-order valence-electron chi connectivity index (χ4n) is 5.09. The van der Waals surface area contributed by atoms with Crippen molar-refractivity contribution in [3.8, 4) is 0 Å². The Morgan fingerprint density at radius 1 is 1.21 bits per heavy atom. The van der Waals surface area contributed by atoms with Crippen LogP contribution in [0.25, 0.3) is 0 Å². The average molecular weight is 387 g/mol. The molecule has 3 heterocycles. The zero-order chi connectivity index (χ0) is 19.9. The van der Waals surface area contributed by atoms with Gasteiger partial charge in [0, 0.05) is 65.2 Å². The summed E-state index contributed by atoms with van der Waals surface area (Å²) in [4.78, 5) is 30.0. The van der Waals surface area contributed by atoms with Crippen LogP contribution in [0.3, 0.4) is 0 Å². The SMILES string of the molecule is CN(C)C(=O)N1C[C@H]2CN(CC3CNNC3c3ccccc3)C[C@@]2(C(=O)O)C1. The lowest BCUT2D eigenvalue weighted by Gasteiger charge is -2.29. The Labute approximate surface area is 165 Å². The normalized spacial score (nSPS) is 32.5. The minimum Gasteiger partial charge on any atom is -0.481 e. The molecule has 1 aromatic carbocycles. The van der Waals surface area contributed by atoms with Crippen molar-refractivity contribution in [2.75, 3.05) is 53.4 Å². The van der Waals surface area contributed by atoms with Gasteiger partial charge in [-0.05, 0) is 5.56 Å². The van der Waals surface area contributed by atoms with E-state index in [0.29, 0.717) is 25.6 Å². The van der Waals surface area contributed by atoms with Gasteiger partial charge in [0.1, 0.15) is 5.41 Å². The molecule has 3 N–H and O–H groups in total. The highest BCUT2D eigenvalue weighted by atomic mass is 16.4. The van der Waals surface area contributed by atoms with Crippen molar-refractivity contribution in [3.63, 3.8) is 0 Å². The van der Waals surface area contributed by atoms with Crippen molar-refractivity contribution in [1.82, 2.24) is 25.6 Å². The topological polar surface area (TPSA) is 88.2 Å². The van der Waals surface area contributed by atoms with Gasteiger partial charge >= 0.3 is 12.0 Å². The summed E-state index contributed by atoms with van der Waals surface area (Å²) < 4.78 is 0. The van der Waals surface area contributed by atoms with Crippen LogP contribution in [0.4, 0.5) is 4.79 Å². The fourth-order valence-corrected chi connectivity index (χ4v) is 5.09.